The highest BCUT2D eigenvalue weighted by atomic mass is 16.3. The Morgan fingerprint density at radius 1 is 0.854 bits per heavy atom. The molecule has 1 saturated heterocycles. The van der Waals surface area contributed by atoms with Crippen LogP contribution in [0.2, 0.25) is 0 Å². The molecule has 0 unspecified atom stereocenters. The molecular formula is C41H42N2O5. The number of nitrogens with zero attached hydrogens (tertiary/aromatic N) is 1. The van der Waals surface area contributed by atoms with Gasteiger partial charge in [-0.3, -0.25) is 14.5 Å². The number of hydrogen-bond acceptors (Lipinski definition) is 6. The van der Waals surface area contributed by atoms with Gasteiger partial charge >= 0.3 is 0 Å². The summed E-state index contributed by atoms with van der Waals surface area (Å²) in [4.78, 5) is 29.2. The number of aromatic hydroxyl groups is 1. The topological polar surface area (TPSA) is 110 Å². The normalized spacial score (nSPS) is 20.3. The first kappa shape index (κ1) is 32.9. The van der Waals surface area contributed by atoms with Gasteiger partial charge in [0, 0.05) is 22.9 Å². The van der Waals surface area contributed by atoms with Gasteiger partial charge in [0.15, 0.2) is 0 Å². The number of amides is 2. The smallest absolute Gasteiger partial charge is 0.238 e. The van der Waals surface area contributed by atoms with E-state index in [4.69, 9.17) is 0 Å². The van der Waals surface area contributed by atoms with Crippen molar-refractivity contribution in [3.05, 3.63) is 131 Å². The van der Waals surface area contributed by atoms with Crippen LogP contribution in [-0.2, 0) is 9.59 Å². The van der Waals surface area contributed by atoms with Gasteiger partial charge in [-0.2, -0.15) is 0 Å². The number of carbonyl (C=O) groups excluding carboxylic acids is 2. The second-order valence-electron chi connectivity index (χ2n) is 13.0. The number of allylic oxidation sites excluding steroid dienone is 2. The van der Waals surface area contributed by atoms with Crippen LogP contribution in [0.25, 0.3) is 11.6 Å². The molecule has 0 aromatic heterocycles. The van der Waals surface area contributed by atoms with Crippen LogP contribution < -0.4 is 10.2 Å². The molecule has 0 radical (unpaired) electrons. The van der Waals surface area contributed by atoms with Gasteiger partial charge in [-0.1, -0.05) is 86.2 Å². The van der Waals surface area contributed by atoms with Gasteiger partial charge in [-0.05, 0) is 90.4 Å². The van der Waals surface area contributed by atoms with Crippen LogP contribution in [0.1, 0.15) is 44.2 Å². The predicted octanol–water partition coefficient (Wildman–Crippen LogP) is 7.59. The molecule has 4 aromatic carbocycles. The van der Waals surface area contributed by atoms with Gasteiger partial charge in [0.2, 0.25) is 11.8 Å². The van der Waals surface area contributed by atoms with E-state index in [1.807, 2.05) is 105 Å². The standard InChI is InChI=1S/C41H42N2O5/c1-26(2)33-24-34-39(41(48)43(40(34)47)32-20-18-31(19-21-32)42-30-14-7-4-8-15-30)35(25-44)38(33)37(46)22-17-28(27-11-5-3-6-12-27)23-29-13-9-10-16-36(29)45/h3-16,18-21,23,26,34-35,37,39,42,44-46H,17,22,24-25H2,1-2H3/b28-23-/t34-,35+,37-,39-/m1/s1. The monoisotopic (exact) mass is 642 g/mol. The summed E-state index contributed by atoms with van der Waals surface area (Å²) in [6.07, 6.45) is 2.20. The summed E-state index contributed by atoms with van der Waals surface area (Å²) >= 11 is 0. The van der Waals surface area contributed by atoms with Crippen molar-refractivity contribution in [1.29, 1.82) is 0 Å². The van der Waals surface area contributed by atoms with E-state index in [1.54, 1.807) is 24.3 Å². The van der Waals surface area contributed by atoms with Gasteiger partial charge in [-0.25, -0.2) is 0 Å². The minimum Gasteiger partial charge on any atom is -0.507 e. The Morgan fingerprint density at radius 3 is 2.12 bits per heavy atom. The van der Waals surface area contributed by atoms with Crippen LogP contribution in [-0.4, -0.2) is 39.8 Å². The Labute approximate surface area is 281 Å². The summed E-state index contributed by atoms with van der Waals surface area (Å²) in [5.74, 6) is -2.48. The lowest BCUT2D eigenvalue weighted by Gasteiger charge is -2.38. The highest BCUT2D eigenvalue weighted by molar-refractivity contribution is 6.22. The first-order valence-corrected chi connectivity index (χ1v) is 16.6. The number of phenolic OH excluding ortho intramolecular Hbond substituents is 1. The number of aliphatic hydroxyl groups excluding tert-OH is 2. The zero-order chi connectivity index (χ0) is 33.8. The number of carbonyl (C=O) groups is 2. The molecule has 48 heavy (non-hydrogen) atoms. The fourth-order valence-electron chi connectivity index (χ4n) is 7.28. The fourth-order valence-corrected chi connectivity index (χ4v) is 7.28. The van der Waals surface area contributed by atoms with E-state index < -0.39 is 23.9 Å². The number of aliphatic hydroxyl groups is 2. The van der Waals surface area contributed by atoms with Gasteiger partial charge in [0.25, 0.3) is 0 Å². The average Bonchev–Trinajstić information content (AvgIpc) is 3.36. The Kier molecular flexibility index (Phi) is 9.90. The summed E-state index contributed by atoms with van der Waals surface area (Å²) in [5, 5.41) is 36.4. The molecule has 4 aromatic rings. The van der Waals surface area contributed by atoms with Gasteiger partial charge in [0.1, 0.15) is 5.75 Å². The molecule has 1 aliphatic carbocycles. The number of para-hydroxylation sites is 2. The van der Waals surface area contributed by atoms with Crippen molar-refractivity contribution in [3.8, 4) is 5.75 Å². The molecule has 0 spiro atoms. The van der Waals surface area contributed by atoms with Crippen molar-refractivity contribution in [2.24, 2.45) is 23.7 Å². The summed E-state index contributed by atoms with van der Waals surface area (Å²) in [7, 11) is 0. The maximum absolute atomic E-state index is 14.1. The Balaban J connectivity index is 1.25. The van der Waals surface area contributed by atoms with Gasteiger partial charge < -0.3 is 20.6 Å². The highest BCUT2D eigenvalue weighted by Crippen LogP contribution is 2.49. The second kappa shape index (κ2) is 14.4. The molecule has 1 heterocycles. The molecule has 7 heteroatoms. The van der Waals surface area contributed by atoms with Crippen molar-refractivity contribution in [1.82, 2.24) is 0 Å². The van der Waals surface area contributed by atoms with E-state index in [2.05, 4.69) is 5.32 Å². The van der Waals surface area contributed by atoms with Crippen LogP contribution in [0.4, 0.5) is 17.1 Å². The average molecular weight is 643 g/mol. The lowest BCUT2D eigenvalue weighted by atomic mass is 9.66. The largest absolute Gasteiger partial charge is 0.507 e. The zero-order valence-corrected chi connectivity index (χ0v) is 27.3. The molecule has 0 bridgehead atoms. The van der Waals surface area contributed by atoms with Crippen LogP contribution in [0, 0.1) is 23.7 Å². The van der Waals surface area contributed by atoms with Crippen LogP contribution in [0.5, 0.6) is 5.75 Å². The van der Waals surface area contributed by atoms with Crippen molar-refractivity contribution in [2.75, 3.05) is 16.8 Å². The summed E-state index contributed by atoms with van der Waals surface area (Å²) in [6.45, 7) is 3.71. The molecule has 2 amide bonds. The lowest BCUT2D eigenvalue weighted by molar-refractivity contribution is -0.123. The Hall–Kier alpha value is -4.98. The summed E-state index contributed by atoms with van der Waals surface area (Å²) in [5.41, 5.74) is 6.46. The lowest BCUT2D eigenvalue weighted by Crippen LogP contribution is -2.39. The molecule has 1 fully saturated rings. The predicted molar refractivity (Wildman–Crippen MR) is 190 cm³/mol. The molecular weight excluding hydrogens is 600 g/mol. The SMILES string of the molecule is CC(C)C1=C([C@H](O)CC/C(=C/c2ccccc2O)c2ccccc2)[C@H](CO)[C@@H]2C(=O)N(c3ccc(Nc4ccccc4)cc3)C(=O)[C@@H]2C1. The van der Waals surface area contributed by atoms with Crippen molar-refractivity contribution in [3.63, 3.8) is 0 Å². The van der Waals surface area contributed by atoms with E-state index in [-0.39, 0.29) is 30.1 Å². The van der Waals surface area contributed by atoms with Gasteiger partial charge in [0.05, 0.1) is 30.2 Å². The molecule has 1 aliphatic heterocycles. The third kappa shape index (κ3) is 6.70. The van der Waals surface area contributed by atoms with Crippen molar-refractivity contribution in [2.45, 2.75) is 39.2 Å². The number of rotatable bonds is 11. The molecule has 0 saturated carbocycles. The third-order valence-corrected chi connectivity index (χ3v) is 9.66. The maximum Gasteiger partial charge on any atom is 0.238 e. The van der Waals surface area contributed by atoms with Crippen LogP contribution >= 0.6 is 0 Å². The van der Waals surface area contributed by atoms with Crippen molar-refractivity contribution >= 4 is 40.5 Å². The first-order valence-electron chi connectivity index (χ1n) is 16.6. The van der Waals surface area contributed by atoms with E-state index >= 15 is 0 Å². The van der Waals surface area contributed by atoms with E-state index in [1.165, 1.54) is 4.90 Å². The number of fused-ring (bicyclic) bond motifs is 1. The van der Waals surface area contributed by atoms with Crippen LogP contribution in [0.15, 0.2) is 120 Å². The number of nitrogens with one attached hydrogen (secondary N) is 1. The van der Waals surface area contributed by atoms with Crippen molar-refractivity contribution < 1.29 is 24.9 Å². The quantitative estimate of drug-likeness (QED) is 0.0763. The minimum atomic E-state index is -0.933. The van der Waals surface area contributed by atoms with E-state index in [9.17, 15) is 24.9 Å². The first-order chi connectivity index (χ1) is 23.3. The summed E-state index contributed by atoms with van der Waals surface area (Å²) < 4.78 is 0. The molecule has 6 rings (SSSR count). The number of hydrogen-bond donors (Lipinski definition) is 4. The van der Waals surface area contributed by atoms with E-state index in [0.717, 1.165) is 28.1 Å². The highest BCUT2D eigenvalue weighted by Gasteiger charge is 2.55. The molecule has 2 aliphatic rings. The molecule has 7 nitrogen and oxygen atoms in total. The molecule has 246 valence electrons. The number of phenols is 1. The van der Waals surface area contributed by atoms with E-state index in [0.29, 0.717) is 36.1 Å². The Morgan fingerprint density at radius 2 is 1.48 bits per heavy atom. The van der Waals surface area contributed by atoms with Crippen LogP contribution in [0.3, 0.4) is 0 Å². The Bertz CT molecular complexity index is 1810. The second-order valence-corrected chi connectivity index (χ2v) is 13.0. The number of imide groups is 1. The van der Waals surface area contributed by atoms with Gasteiger partial charge in [-0.15, -0.1) is 0 Å². The number of anilines is 3. The minimum absolute atomic E-state index is 0.00958. The molecule has 4 N–H and O–H groups in total. The zero-order valence-electron chi connectivity index (χ0n) is 27.3. The molecule has 4 atom stereocenters. The number of benzene rings is 4. The maximum atomic E-state index is 14.1. The third-order valence-electron chi connectivity index (χ3n) is 9.66. The fraction of sp³-hybridized carbons (Fsp3) is 0.268. The summed E-state index contributed by atoms with van der Waals surface area (Å²) in [6, 6.07) is 33.9.